The second-order valence-electron chi connectivity index (χ2n) is 6.56. The molecular weight excluding hydrogens is 384 g/mol. The molecule has 0 unspecified atom stereocenters. The van der Waals surface area contributed by atoms with Crippen molar-refractivity contribution in [2.24, 2.45) is 4.99 Å². The Kier molecular flexibility index (Phi) is 10.3. The Balaban J connectivity index is 1.90. The van der Waals surface area contributed by atoms with Crippen LogP contribution in [-0.2, 0) is 22.6 Å². The number of rotatable bonds is 12. The number of amides is 1. The van der Waals surface area contributed by atoms with Crippen molar-refractivity contribution in [2.75, 3.05) is 32.9 Å². The Hall–Kier alpha value is -3.00. The second kappa shape index (κ2) is 13.3. The van der Waals surface area contributed by atoms with Crippen molar-refractivity contribution in [1.82, 2.24) is 16.0 Å². The predicted molar refractivity (Wildman–Crippen MR) is 117 cm³/mol. The maximum Gasteiger partial charge on any atom is 0.239 e. The topological polar surface area (TPSA) is 97.1 Å². The van der Waals surface area contributed by atoms with Gasteiger partial charge in [-0.2, -0.15) is 0 Å². The van der Waals surface area contributed by atoms with Crippen LogP contribution in [0.4, 0.5) is 0 Å². The van der Waals surface area contributed by atoms with Crippen LogP contribution in [0.15, 0.2) is 46.0 Å². The molecule has 8 nitrogen and oxygen atoms in total. The molecular formula is C22H32N4O4. The third-order valence-electron chi connectivity index (χ3n) is 4.12. The van der Waals surface area contributed by atoms with E-state index in [0.717, 1.165) is 16.9 Å². The smallest absolute Gasteiger partial charge is 0.239 e. The van der Waals surface area contributed by atoms with Gasteiger partial charge in [0.15, 0.2) is 5.96 Å². The van der Waals surface area contributed by atoms with Gasteiger partial charge in [0.1, 0.15) is 18.1 Å². The molecule has 0 aliphatic rings. The minimum absolute atomic E-state index is 0.109. The van der Waals surface area contributed by atoms with E-state index in [1.54, 1.807) is 12.3 Å². The molecule has 0 bridgehead atoms. The monoisotopic (exact) mass is 416 g/mol. The number of hydrogen-bond donors (Lipinski definition) is 3. The van der Waals surface area contributed by atoms with E-state index in [4.69, 9.17) is 13.9 Å². The average Bonchev–Trinajstić information content (AvgIpc) is 3.26. The number of carbonyl (C=O) groups is 1. The first-order valence-electron chi connectivity index (χ1n) is 10.2. The van der Waals surface area contributed by atoms with Gasteiger partial charge < -0.3 is 29.8 Å². The molecule has 30 heavy (non-hydrogen) atoms. The molecule has 0 atom stereocenters. The minimum atomic E-state index is -0.146. The zero-order valence-corrected chi connectivity index (χ0v) is 18.0. The van der Waals surface area contributed by atoms with Crippen LogP contribution in [-0.4, -0.2) is 44.8 Å². The van der Waals surface area contributed by atoms with Gasteiger partial charge in [-0.15, -0.1) is 0 Å². The van der Waals surface area contributed by atoms with Crippen molar-refractivity contribution in [3.63, 3.8) is 0 Å². The highest BCUT2D eigenvalue weighted by Gasteiger charge is 2.07. The highest BCUT2D eigenvalue weighted by molar-refractivity contribution is 5.86. The van der Waals surface area contributed by atoms with E-state index in [9.17, 15) is 4.79 Å². The third-order valence-corrected chi connectivity index (χ3v) is 4.12. The van der Waals surface area contributed by atoms with Gasteiger partial charge in [0.2, 0.25) is 5.91 Å². The number of aliphatic imine (C=N–C) groups is 1. The van der Waals surface area contributed by atoms with Crippen LogP contribution in [0, 0.1) is 6.92 Å². The van der Waals surface area contributed by atoms with Gasteiger partial charge in [-0.05, 0) is 44.5 Å². The van der Waals surface area contributed by atoms with Gasteiger partial charge in [0.05, 0.1) is 32.5 Å². The molecule has 1 aromatic heterocycles. The summed E-state index contributed by atoms with van der Waals surface area (Å²) in [6.45, 7) is 9.23. The number of nitrogens with one attached hydrogen (secondary N) is 3. The number of nitrogens with zero attached hydrogens (tertiary/aromatic N) is 1. The Morgan fingerprint density at radius 1 is 1.13 bits per heavy atom. The van der Waals surface area contributed by atoms with Gasteiger partial charge in [-0.3, -0.25) is 4.79 Å². The number of hydrogen-bond acceptors (Lipinski definition) is 5. The lowest BCUT2D eigenvalue weighted by Gasteiger charge is -2.13. The summed E-state index contributed by atoms with van der Waals surface area (Å²) < 4.78 is 16.4. The molecule has 0 saturated heterocycles. The minimum Gasteiger partial charge on any atom is -0.491 e. The molecule has 3 N–H and O–H groups in total. The lowest BCUT2D eigenvalue weighted by atomic mass is 10.1. The summed E-state index contributed by atoms with van der Waals surface area (Å²) in [7, 11) is 0. The highest BCUT2D eigenvalue weighted by Crippen LogP contribution is 2.21. The molecule has 0 fully saturated rings. The quantitative estimate of drug-likeness (QED) is 0.279. The third kappa shape index (κ3) is 8.57. The SMILES string of the molecule is CCNC(=NCc1ccc(C)cc1OCCOCC)NCC(=O)NCc1ccco1. The van der Waals surface area contributed by atoms with E-state index in [-0.39, 0.29) is 12.5 Å². The summed E-state index contributed by atoms with van der Waals surface area (Å²) in [6.07, 6.45) is 1.58. The van der Waals surface area contributed by atoms with E-state index in [1.807, 2.05) is 45.0 Å². The average molecular weight is 417 g/mol. The second-order valence-corrected chi connectivity index (χ2v) is 6.56. The molecule has 0 aliphatic heterocycles. The number of aryl methyl sites for hydroxylation is 1. The van der Waals surface area contributed by atoms with Crippen LogP contribution in [0.3, 0.4) is 0 Å². The molecule has 2 aromatic rings. The summed E-state index contributed by atoms with van der Waals surface area (Å²) in [4.78, 5) is 16.6. The van der Waals surface area contributed by atoms with Crippen molar-refractivity contribution in [1.29, 1.82) is 0 Å². The van der Waals surface area contributed by atoms with E-state index in [2.05, 4.69) is 20.9 Å². The van der Waals surface area contributed by atoms with Crippen LogP contribution in [0.1, 0.15) is 30.7 Å². The van der Waals surface area contributed by atoms with E-state index < -0.39 is 0 Å². The molecule has 8 heteroatoms. The predicted octanol–water partition coefficient (Wildman–Crippen LogP) is 2.37. The van der Waals surface area contributed by atoms with E-state index >= 15 is 0 Å². The number of benzene rings is 1. The fraction of sp³-hybridized carbons (Fsp3) is 0.455. The van der Waals surface area contributed by atoms with Crippen molar-refractivity contribution in [2.45, 2.75) is 33.9 Å². The first kappa shape index (κ1) is 23.3. The maximum absolute atomic E-state index is 12.1. The van der Waals surface area contributed by atoms with Crippen molar-refractivity contribution in [3.05, 3.63) is 53.5 Å². The molecule has 1 amide bonds. The molecule has 1 aromatic carbocycles. The fourth-order valence-corrected chi connectivity index (χ4v) is 2.61. The van der Waals surface area contributed by atoms with Crippen LogP contribution in [0.25, 0.3) is 0 Å². The molecule has 0 aliphatic carbocycles. The summed E-state index contributed by atoms with van der Waals surface area (Å²) >= 11 is 0. The molecule has 1 heterocycles. The Morgan fingerprint density at radius 2 is 2.00 bits per heavy atom. The van der Waals surface area contributed by atoms with Gasteiger partial charge in [-0.25, -0.2) is 4.99 Å². The van der Waals surface area contributed by atoms with Crippen molar-refractivity contribution in [3.8, 4) is 5.75 Å². The Labute approximate surface area is 178 Å². The van der Waals surface area contributed by atoms with Crippen LogP contribution in [0.5, 0.6) is 5.75 Å². The first-order valence-corrected chi connectivity index (χ1v) is 10.2. The van der Waals surface area contributed by atoms with E-state index in [1.165, 1.54) is 0 Å². The molecule has 164 valence electrons. The molecule has 0 spiro atoms. The highest BCUT2D eigenvalue weighted by atomic mass is 16.5. The zero-order chi connectivity index (χ0) is 21.6. The molecule has 2 rings (SSSR count). The molecule has 0 radical (unpaired) electrons. The van der Waals surface area contributed by atoms with Crippen molar-refractivity contribution >= 4 is 11.9 Å². The molecule has 0 saturated carbocycles. The lowest BCUT2D eigenvalue weighted by Crippen LogP contribution is -2.43. The summed E-state index contributed by atoms with van der Waals surface area (Å²) in [5.74, 6) is 1.92. The number of carbonyl (C=O) groups excluding carboxylic acids is 1. The van der Waals surface area contributed by atoms with Gasteiger partial charge >= 0.3 is 0 Å². The van der Waals surface area contributed by atoms with Crippen LogP contribution in [0.2, 0.25) is 0 Å². The number of guanidine groups is 1. The zero-order valence-electron chi connectivity index (χ0n) is 18.0. The lowest BCUT2D eigenvalue weighted by molar-refractivity contribution is -0.120. The van der Waals surface area contributed by atoms with E-state index in [0.29, 0.717) is 51.2 Å². The summed E-state index contributed by atoms with van der Waals surface area (Å²) in [5, 5.41) is 8.99. The maximum atomic E-state index is 12.1. The van der Waals surface area contributed by atoms with Gasteiger partial charge in [0, 0.05) is 18.7 Å². The normalized spacial score (nSPS) is 11.2. The number of ether oxygens (including phenoxy) is 2. The van der Waals surface area contributed by atoms with Crippen LogP contribution < -0.4 is 20.7 Å². The Morgan fingerprint density at radius 3 is 2.73 bits per heavy atom. The van der Waals surface area contributed by atoms with Gasteiger partial charge in [0.25, 0.3) is 0 Å². The van der Waals surface area contributed by atoms with Crippen molar-refractivity contribution < 1.29 is 18.7 Å². The first-order chi connectivity index (χ1) is 14.6. The van der Waals surface area contributed by atoms with Crippen LogP contribution >= 0.6 is 0 Å². The fourth-order valence-electron chi connectivity index (χ4n) is 2.61. The Bertz CT molecular complexity index is 790. The number of furan rings is 1. The summed E-state index contributed by atoms with van der Waals surface area (Å²) in [5.41, 5.74) is 2.09. The largest absolute Gasteiger partial charge is 0.491 e. The van der Waals surface area contributed by atoms with Gasteiger partial charge in [-0.1, -0.05) is 12.1 Å². The standard InChI is InChI=1S/C22H32N4O4/c1-4-23-22(26-16-21(27)24-15-19-7-6-10-29-19)25-14-18-9-8-17(3)13-20(18)30-12-11-28-5-2/h6-10,13H,4-5,11-12,14-16H2,1-3H3,(H,24,27)(H2,23,25,26). The summed E-state index contributed by atoms with van der Waals surface area (Å²) in [6, 6.07) is 9.64.